The van der Waals surface area contributed by atoms with Crippen LogP contribution in [0.2, 0.25) is 0 Å². The van der Waals surface area contributed by atoms with Gasteiger partial charge in [0.2, 0.25) is 0 Å². The predicted octanol–water partition coefficient (Wildman–Crippen LogP) is 6.19. The second-order valence-corrected chi connectivity index (χ2v) is 8.49. The third-order valence-corrected chi connectivity index (χ3v) is 5.52. The van der Waals surface area contributed by atoms with Gasteiger partial charge in [-0.15, -0.1) is 0 Å². The van der Waals surface area contributed by atoms with Crippen molar-refractivity contribution in [1.29, 1.82) is 0 Å². The quantitative estimate of drug-likeness (QED) is 0.121. The zero-order valence-electron chi connectivity index (χ0n) is 19.1. The van der Waals surface area contributed by atoms with Crippen molar-refractivity contribution in [2.45, 2.75) is 0 Å². The van der Waals surface area contributed by atoms with Crippen molar-refractivity contribution in [2.75, 3.05) is 0 Å². The summed E-state index contributed by atoms with van der Waals surface area (Å²) in [6.45, 7) is 0. The standard InChI is InChI=1S/C29H22BrN3O3/c30-24-16-14-22(15-17-24)27-19-18-25(36-27)20-31-33-29(35)26(13-7-10-21-8-3-1-4-9-21)32-28(34)23-11-5-2-6-12-23/h1-20H,(H,32,34)(H,33,35)/b10-7+,26-13-,31-20+. The summed E-state index contributed by atoms with van der Waals surface area (Å²) in [5.74, 6) is 0.167. The number of hydrazone groups is 1. The second kappa shape index (κ2) is 12.3. The number of nitrogens with zero attached hydrogens (tertiary/aromatic N) is 1. The number of hydrogen-bond acceptors (Lipinski definition) is 4. The Bertz CT molecular complexity index is 1410. The largest absolute Gasteiger partial charge is 0.455 e. The van der Waals surface area contributed by atoms with E-state index < -0.39 is 11.8 Å². The number of furan rings is 1. The SMILES string of the molecule is O=C(N/N=C/c1ccc(-c2ccc(Br)cc2)o1)/C(=C/C=C/c1ccccc1)NC(=O)c1ccccc1. The third kappa shape index (κ3) is 7.01. The summed E-state index contributed by atoms with van der Waals surface area (Å²) in [5.41, 5.74) is 4.79. The highest BCUT2D eigenvalue weighted by Gasteiger charge is 2.13. The van der Waals surface area contributed by atoms with E-state index in [1.165, 1.54) is 12.3 Å². The van der Waals surface area contributed by atoms with Crippen molar-refractivity contribution in [1.82, 2.24) is 10.7 Å². The molecule has 0 fully saturated rings. The van der Waals surface area contributed by atoms with Crippen LogP contribution in [0.3, 0.4) is 0 Å². The van der Waals surface area contributed by atoms with Crippen molar-refractivity contribution >= 4 is 40.0 Å². The fourth-order valence-corrected chi connectivity index (χ4v) is 3.45. The van der Waals surface area contributed by atoms with E-state index in [-0.39, 0.29) is 5.70 Å². The molecule has 4 aromatic rings. The Morgan fingerprint density at radius 2 is 1.53 bits per heavy atom. The number of rotatable bonds is 8. The van der Waals surface area contributed by atoms with Crippen LogP contribution < -0.4 is 10.7 Å². The van der Waals surface area contributed by atoms with Gasteiger partial charge in [-0.1, -0.05) is 88.7 Å². The van der Waals surface area contributed by atoms with E-state index in [9.17, 15) is 9.59 Å². The van der Waals surface area contributed by atoms with E-state index >= 15 is 0 Å². The molecule has 6 nitrogen and oxygen atoms in total. The lowest BCUT2D eigenvalue weighted by molar-refractivity contribution is -0.117. The van der Waals surface area contributed by atoms with Crippen molar-refractivity contribution in [3.8, 4) is 11.3 Å². The van der Waals surface area contributed by atoms with Gasteiger partial charge in [0, 0.05) is 15.6 Å². The molecule has 178 valence electrons. The number of amides is 2. The maximum Gasteiger partial charge on any atom is 0.287 e. The summed E-state index contributed by atoms with van der Waals surface area (Å²) >= 11 is 3.41. The molecule has 0 aliphatic heterocycles. The van der Waals surface area contributed by atoms with E-state index in [0.717, 1.165) is 15.6 Å². The van der Waals surface area contributed by atoms with Crippen LogP contribution in [0, 0.1) is 0 Å². The maximum atomic E-state index is 12.8. The summed E-state index contributed by atoms with van der Waals surface area (Å²) in [6.07, 6.45) is 6.45. The molecule has 1 heterocycles. The summed E-state index contributed by atoms with van der Waals surface area (Å²) in [6, 6.07) is 29.6. The van der Waals surface area contributed by atoms with E-state index in [4.69, 9.17) is 4.42 Å². The number of benzene rings is 3. The van der Waals surface area contributed by atoms with Crippen molar-refractivity contribution in [3.63, 3.8) is 0 Å². The Labute approximate surface area is 217 Å². The van der Waals surface area contributed by atoms with E-state index in [1.807, 2.05) is 72.8 Å². The summed E-state index contributed by atoms with van der Waals surface area (Å²) in [5, 5.41) is 6.64. The van der Waals surface area contributed by atoms with Crippen LogP contribution in [0.5, 0.6) is 0 Å². The van der Waals surface area contributed by atoms with Crippen LogP contribution in [0.15, 0.2) is 129 Å². The number of hydrogen-bond donors (Lipinski definition) is 2. The van der Waals surface area contributed by atoms with Crippen LogP contribution in [0.1, 0.15) is 21.7 Å². The lowest BCUT2D eigenvalue weighted by Gasteiger charge is -2.08. The molecule has 0 atom stereocenters. The topological polar surface area (TPSA) is 83.7 Å². The first-order chi connectivity index (χ1) is 17.6. The summed E-state index contributed by atoms with van der Waals surface area (Å²) in [7, 11) is 0. The number of allylic oxidation sites excluding steroid dienone is 2. The van der Waals surface area contributed by atoms with Gasteiger partial charge < -0.3 is 9.73 Å². The smallest absolute Gasteiger partial charge is 0.287 e. The van der Waals surface area contributed by atoms with Crippen LogP contribution in [0.25, 0.3) is 17.4 Å². The number of carbonyl (C=O) groups is 2. The average molecular weight is 540 g/mol. The average Bonchev–Trinajstić information content (AvgIpc) is 3.38. The van der Waals surface area contributed by atoms with Gasteiger partial charge in [-0.25, -0.2) is 5.43 Å². The molecule has 0 saturated carbocycles. The Kier molecular flexibility index (Phi) is 8.40. The van der Waals surface area contributed by atoms with Gasteiger partial charge in [0.05, 0.1) is 6.21 Å². The van der Waals surface area contributed by atoms with Gasteiger partial charge >= 0.3 is 0 Å². The molecule has 3 aromatic carbocycles. The molecule has 0 radical (unpaired) electrons. The monoisotopic (exact) mass is 539 g/mol. The zero-order valence-corrected chi connectivity index (χ0v) is 20.7. The molecule has 2 N–H and O–H groups in total. The van der Waals surface area contributed by atoms with Gasteiger partial charge in [-0.3, -0.25) is 9.59 Å². The van der Waals surface area contributed by atoms with Gasteiger partial charge in [-0.2, -0.15) is 5.10 Å². The Morgan fingerprint density at radius 1 is 0.833 bits per heavy atom. The molecule has 0 bridgehead atoms. The van der Waals surface area contributed by atoms with E-state index in [0.29, 0.717) is 17.1 Å². The fourth-order valence-electron chi connectivity index (χ4n) is 3.18. The van der Waals surface area contributed by atoms with Crippen LogP contribution in [-0.4, -0.2) is 18.0 Å². The Hall–Kier alpha value is -4.49. The molecule has 7 heteroatoms. The molecule has 0 spiro atoms. The normalized spacial score (nSPS) is 11.6. The summed E-state index contributed by atoms with van der Waals surface area (Å²) in [4.78, 5) is 25.5. The second-order valence-electron chi connectivity index (χ2n) is 7.58. The first-order valence-electron chi connectivity index (χ1n) is 11.1. The predicted molar refractivity (Wildman–Crippen MR) is 145 cm³/mol. The van der Waals surface area contributed by atoms with Crippen LogP contribution >= 0.6 is 15.9 Å². The Morgan fingerprint density at radius 3 is 2.25 bits per heavy atom. The van der Waals surface area contributed by atoms with E-state index in [1.54, 1.807) is 36.4 Å². The minimum atomic E-state index is -0.576. The maximum absolute atomic E-state index is 12.8. The number of halogens is 1. The highest BCUT2D eigenvalue weighted by molar-refractivity contribution is 9.10. The van der Waals surface area contributed by atoms with Crippen molar-refractivity contribution in [2.24, 2.45) is 5.10 Å². The minimum Gasteiger partial charge on any atom is -0.455 e. The first-order valence-corrected chi connectivity index (χ1v) is 11.9. The molecule has 4 rings (SSSR count). The van der Waals surface area contributed by atoms with Gasteiger partial charge in [0.25, 0.3) is 11.8 Å². The number of carbonyl (C=O) groups excluding carboxylic acids is 2. The zero-order chi connectivity index (χ0) is 25.2. The van der Waals surface area contributed by atoms with Crippen LogP contribution in [-0.2, 0) is 4.79 Å². The summed E-state index contributed by atoms with van der Waals surface area (Å²) < 4.78 is 6.75. The Balaban J connectivity index is 1.46. The molecule has 0 saturated heterocycles. The van der Waals surface area contributed by atoms with E-state index in [2.05, 4.69) is 31.8 Å². The minimum absolute atomic E-state index is 0.0446. The highest BCUT2D eigenvalue weighted by atomic mass is 79.9. The van der Waals surface area contributed by atoms with Gasteiger partial charge in [0.1, 0.15) is 17.2 Å². The lowest BCUT2D eigenvalue weighted by Crippen LogP contribution is -2.32. The molecule has 0 aliphatic rings. The molecule has 36 heavy (non-hydrogen) atoms. The molecule has 0 aliphatic carbocycles. The number of nitrogens with one attached hydrogen (secondary N) is 2. The highest BCUT2D eigenvalue weighted by Crippen LogP contribution is 2.23. The van der Waals surface area contributed by atoms with Crippen LogP contribution in [0.4, 0.5) is 0 Å². The van der Waals surface area contributed by atoms with Crippen molar-refractivity contribution in [3.05, 3.63) is 136 Å². The molecule has 1 aromatic heterocycles. The van der Waals surface area contributed by atoms with Gasteiger partial charge in [0.15, 0.2) is 0 Å². The molecule has 2 amide bonds. The molecular formula is C29H22BrN3O3. The van der Waals surface area contributed by atoms with Crippen molar-refractivity contribution < 1.29 is 14.0 Å². The fraction of sp³-hybridized carbons (Fsp3) is 0. The molecule has 0 unspecified atom stereocenters. The van der Waals surface area contributed by atoms with Gasteiger partial charge in [-0.05, 0) is 48.0 Å². The third-order valence-electron chi connectivity index (χ3n) is 4.99. The lowest BCUT2D eigenvalue weighted by atomic mass is 10.2. The molecular weight excluding hydrogens is 518 g/mol. The first kappa shape index (κ1) is 24.6.